The molecule has 15 heavy (non-hydrogen) atoms. The third-order valence-corrected chi connectivity index (χ3v) is 3.31. The summed E-state index contributed by atoms with van der Waals surface area (Å²) in [5.41, 5.74) is 2.49. The van der Waals surface area contributed by atoms with Crippen LogP contribution in [0.4, 0.5) is 5.69 Å². The highest BCUT2D eigenvalue weighted by atomic mass is 35.5. The van der Waals surface area contributed by atoms with Crippen LogP contribution >= 0.6 is 11.6 Å². The minimum atomic E-state index is 0.875. The monoisotopic (exact) mass is 224 g/mol. The van der Waals surface area contributed by atoms with E-state index in [4.69, 9.17) is 11.6 Å². The molecule has 1 saturated heterocycles. The van der Waals surface area contributed by atoms with E-state index >= 15 is 0 Å². The van der Waals surface area contributed by atoms with E-state index in [2.05, 4.69) is 29.8 Å². The van der Waals surface area contributed by atoms with Crippen molar-refractivity contribution in [2.45, 2.75) is 6.92 Å². The standard InChI is InChI=1S/C12H17ClN2/c1-10-4-3-5-11(13)12(10)15-8-6-14(2)7-9-15/h3-5H,6-9H2,1-2H3. The van der Waals surface area contributed by atoms with Crippen molar-refractivity contribution in [3.63, 3.8) is 0 Å². The van der Waals surface area contributed by atoms with Gasteiger partial charge in [-0.15, -0.1) is 0 Å². The first kappa shape index (κ1) is 10.8. The number of nitrogens with zero attached hydrogens (tertiary/aromatic N) is 2. The Balaban J connectivity index is 2.22. The van der Waals surface area contributed by atoms with Gasteiger partial charge in [0.25, 0.3) is 0 Å². The van der Waals surface area contributed by atoms with Crippen molar-refractivity contribution in [2.75, 3.05) is 38.1 Å². The number of piperazine rings is 1. The van der Waals surface area contributed by atoms with Gasteiger partial charge in [-0.2, -0.15) is 0 Å². The zero-order valence-corrected chi connectivity index (χ0v) is 10.1. The van der Waals surface area contributed by atoms with Gasteiger partial charge in [-0.25, -0.2) is 0 Å². The Hall–Kier alpha value is -0.730. The van der Waals surface area contributed by atoms with E-state index in [0.717, 1.165) is 31.2 Å². The maximum absolute atomic E-state index is 6.24. The smallest absolute Gasteiger partial charge is 0.0642 e. The number of aryl methyl sites for hydroxylation is 1. The Morgan fingerprint density at radius 2 is 1.80 bits per heavy atom. The van der Waals surface area contributed by atoms with Gasteiger partial charge in [0.05, 0.1) is 10.7 Å². The van der Waals surface area contributed by atoms with Crippen LogP contribution < -0.4 is 4.90 Å². The van der Waals surface area contributed by atoms with Crippen molar-refractivity contribution >= 4 is 17.3 Å². The molecule has 0 spiro atoms. The molecule has 1 aliphatic heterocycles. The summed E-state index contributed by atoms with van der Waals surface area (Å²) in [6.07, 6.45) is 0. The topological polar surface area (TPSA) is 6.48 Å². The Bertz CT molecular complexity index is 323. The Morgan fingerprint density at radius 1 is 1.13 bits per heavy atom. The van der Waals surface area contributed by atoms with E-state index in [1.54, 1.807) is 0 Å². The first-order chi connectivity index (χ1) is 7.18. The van der Waals surface area contributed by atoms with Crippen molar-refractivity contribution in [3.05, 3.63) is 28.8 Å². The van der Waals surface area contributed by atoms with Crippen LogP contribution in [0.1, 0.15) is 5.56 Å². The lowest BCUT2D eigenvalue weighted by Crippen LogP contribution is -2.44. The molecule has 0 saturated carbocycles. The highest BCUT2D eigenvalue weighted by molar-refractivity contribution is 6.33. The first-order valence-corrected chi connectivity index (χ1v) is 5.75. The van der Waals surface area contributed by atoms with Crippen molar-refractivity contribution in [1.29, 1.82) is 0 Å². The van der Waals surface area contributed by atoms with Gasteiger partial charge in [-0.3, -0.25) is 0 Å². The molecule has 0 amide bonds. The van der Waals surface area contributed by atoms with Crippen LogP contribution in [0.2, 0.25) is 5.02 Å². The van der Waals surface area contributed by atoms with Gasteiger partial charge in [-0.05, 0) is 25.6 Å². The Kier molecular flexibility index (Phi) is 3.17. The maximum Gasteiger partial charge on any atom is 0.0642 e. The zero-order valence-electron chi connectivity index (χ0n) is 9.33. The molecule has 2 rings (SSSR count). The van der Waals surface area contributed by atoms with Gasteiger partial charge in [-0.1, -0.05) is 23.7 Å². The summed E-state index contributed by atoms with van der Waals surface area (Å²) in [6, 6.07) is 6.11. The van der Waals surface area contributed by atoms with E-state index in [9.17, 15) is 0 Å². The molecule has 1 aliphatic rings. The van der Waals surface area contributed by atoms with Crippen molar-refractivity contribution < 1.29 is 0 Å². The summed E-state index contributed by atoms with van der Waals surface area (Å²) in [7, 11) is 2.16. The number of hydrogen-bond donors (Lipinski definition) is 0. The lowest BCUT2D eigenvalue weighted by molar-refractivity contribution is 0.312. The van der Waals surface area contributed by atoms with Crippen LogP contribution in [-0.2, 0) is 0 Å². The molecule has 1 aromatic carbocycles. The van der Waals surface area contributed by atoms with Crippen molar-refractivity contribution in [1.82, 2.24) is 4.90 Å². The second-order valence-electron chi connectivity index (χ2n) is 4.20. The molecule has 0 unspecified atom stereocenters. The molecule has 3 heteroatoms. The molecule has 0 atom stereocenters. The highest BCUT2D eigenvalue weighted by Gasteiger charge is 2.17. The fourth-order valence-corrected chi connectivity index (χ4v) is 2.39. The van der Waals surface area contributed by atoms with Crippen LogP contribution in [0.15, 0.2) is 18.2 Å². The molecule has 1 heterocycles. The minimum Gasteiger partial charge on any atom is -0.368 e. The van der Waals surface area contributed by atoms with E-state index in [0.29, 0.717) is 0 Å². The van der Waals surface area contributed by atoms with Crippen LogP contribution in [0, 0.1) is 6.92 Å². The predicted octanol–water partition coefficient (Wildman–Crippen LogP) is 2.40. The normalized spacial score (nSPS) is 18.2. The Morgan fingerprint density at radius 3 is 2.40 bits per heavy atom. The lowest BCUT2D eigenvalue weighted by Gasteiger charge is -2.35. The van der Waals surface area contributed by atoms with Gasteiger partial charge in [0.2, 0.25) is 0 Å². The number of hydrogen-bond acceptors (Lipinski definition) is 2. The number of benzene rings is 1. The zero-order chi connectivity index (χ0) is 10.8. The molecular formula is C12H17ClN2. The molecular weight excluding hydrogens is 208 g/mol. The molecule has 0 radical (unpaired) electrons. The molecule has 0 aromatic heterocycles. The third-order valence-electron chi connectivity index (χ3n) is 3.01. The number of likely N-dealkylation sites (N-methyl/N-ethyl adjacent to an activating group) is 1. The van der Waals surface area contributed by atoms with Gasteiger partial charge in [0, 0.05) is 26.2 Å². The SMILES string of the molecule is Cc1cccc(Cl)c1N1CCN(C)CC1. The van der Waals surface area contributed by atoms with E-state index in [1.165, 1.54) is 11.3 Å². The second kappa shape index (κ2) is 4.42. The minimum absolute atomic E-state index is 0.875. The maximum atomic E-state index is 6.24. The summed E-state index contributed by atoms with van der Waals surface area (Å²) < 4.78 is 0. The highest BCUT2D eigenvalue weighted by Crippen LogP contribution is 2.29. The lowest BCUT2D eigenvalue weighted by atomic mass is 10.1. The van der Waals surface area contributed by atoms with Gasteiger partial charge >= 0.3 is 0 Å². The molecule has 1 aromatic rings. The molecule has 2 nitrogen and oxygen atoms in total. The fourth-order valence-electron chi connectivity index (χ4n) is 2.05. The molecule has 0 aliphatic carbocycles. The number of rotatable bonds is 1. The van der Waals surface area contributed by atoms with E-state index in [1.807, 2.05) is 12.1 Å². The van der Waals surface area contributed by atoms with E-state index in [-0.39, 0.29) is 0 Å². The van der Waals surface area contributed by atoms with Gasteiger partial charge in [0.1, 0.15) is 0 Å². The number of para-hydroxylation sites is 1. The van der Waals surface area contributed by atoms with Crippen molar-refractivity contribution in [2.24, 2.45) is 0 Å². The van der Waals surface area contributed by atoms with E-state index < -0.39 is 0 Å². The molecule has 82 valence electrons. The molecule has 0 bridgehead atoms. The summed E-state index contributed by atoms with van der Waals surface area (Å²) >= 11 is 6.24. The third kappa shape index (κ3) is 2.27. The first-order valence-electron chi connectivity index (χ1n) is 5.37. The van der Waals surface area contributed by atoms with Crippen LogP contribution in [0.5, 0.6) is 0 Å². The van der Waals surface area contributed by atoms with Crippen molar-refractivity contribution in [3.8, 4) is 0 Å². The average Bonchev–Trinajstić information content (AvgIpc) is 2.20. The van der Waals surface area contributed by atoms with Gasteiger partial charge < -0.3 is 9.80 Å². The van der Waals surface area contributed by atoms with Crippen LogP contribution in [0.25, 0.3) is 0 Å². The average molecular weight is 225 g/mol. The van der Waals surface area contributed by atoms with Crippen LogP contribution in [0.3, 0.4) is 0 Å². The summed E-state index contributed by atoms with van der Waals surface area (Å²) in [5.74, 6) is 0. The molecule has 0 N–H and O–H groups in total. The van der Waals surface area contributed by atoms with Crippen LogP contribution in [-0.4, -0.2) is 38.1 Å². The predicted molar refractivity (Wildman–Crippen MR) is 65.9 cm³/mol. The number of halogens is 1. The summed E-state index contributed by atoms with van der Waals surface area (Å²) in [5, 5.41) is 0.875. The second-order valence-corrected chi connectivity index (χ2v) is 4.60. The van der Waals surface area contributed by atoms with Gasteiger partial charge in [0.15, 0.2) is 0 Å². The number of anilines is 1. The molecule has 1 fully saturated rings. The fraction of sp³-hybridized carbons (Fsp3) is 0.500. The quantitative estimate of drug-likeness (QED) is 0.723. The largest absolute Gasteiger partial charge is 0.368 e. The summed E-state index contributed by atoms with van der Waals surface area (Å²) in [4.78, 5) is 4.74. The Labute approximate surface area is 96.4 Å². The summed E-state index contributed by atoms with van der Waals surface area (Å²) in [6.45, 7) is 6.50.